The van der Waals surface area contributed by atoms with Crippen LogP contribution in [0.3, 0.4) is 0 Å². The summed E-state index contributed by atoms with van der Waals surface area (Å²) in [6, 6.07) is 3.34. The molecule has 1 heterocycles. The molecule has 2 unspecified atom stereocenters. The molecule has 0 radical (unpaired) electrons. The zero-order valence-electron chi connectivity index (χ0n) is 12.9. The molecule has 0 spiro atoms. The number of rotatable bonds is 4. The molecule has 116 valence electrons. The first-order valence-corrected chi connectivity index (χ1v) is 7.76. The molecule has 0 aliphatic heterocycles. The Morgan fingerprint density at radius 1 is 1.43 bits per heavy atom. The van der Waals surface area contributed by atoms with E-state index in [2.05, 4.69) is 0 Å². The van der Waals surface area contributed by atoms with Gasteiger partial charge in [0.2, 0.25) is 0 Å². The molecule has 1 aromatic rings. The van der Waals surface area contributed by atoms with Crippen molar-refractivity contribution in [2.24, 2.45) is 18.7 Å². The average Bonchev–Trinajstić information content (AvgIpc) is 2.51. The van der Waals surface area contributed by atoms with Gasteiger partial charge in [-0.25, -0.2) is 0 Å². The lowest BCUT2D eigenvalue weighted by molar-refractivity contribution is 0.0559. The summed E-state index contributed by atoms with van der Waals surface area (Å²) >= 11 is 0. The van der Waals surface area contributed by atoms with Gasteiger partial charge in [0.05, 0.1) is 0 Å². The predicted octanol–water partition coefficient (Wildman–Crippen LogP) is 1.36. The number of carbonyl (C=O) groups is 1. The van der Waals surface area contributed by atoms with Crippen LogP contribution in [0.5, 0.6) is 0 Å². The Bertz CT molecular complexity index is 553. The van der Waals surface area contributed by atoms with Crippen molar-refractivity contribution in [1.29, 1.82) is 0 Å². The Labute approximate surface area is 125 Å². The van der Waals surface area contributed by atoms with E-state index < -0.39 is 0 Å². The summed E-state index contributed by atoms with van der Waals surface area (Å²) < 4.78 is 1.47. The van der Waals surface area contributed by atoms with Crippen LogP contribution >= 0.6 is 0 Å². The van der Waals surface area contributed by atoms with Crippen molar-refractivity contribution < 1.29 is 4.79 Å². The number of pyridine rings is 1. The molecule has 5 heteroatoms. The second-order valence-corrected chi connectivity index (χ2v) is 5.80. The predicted molar refractivity (Wildman–Crippen MR) is 83.2 cm³/mol. The number of hydrogen-bond acceptors (Lipinski definition) is 3. The van der Waals surface area contributed by atoms with Gasteiger partial charge in [0.1, 0.15) is 0 Å². The van der Waals surface area contributed by atoms with Gasteiger partial charge in [-0.05, 0) is 38.3 Å². The molecule has 5 nitrogen and oxygen atoms in total. The number of nitrogens with zero attached hydrogens (tertiary/aromatic N) is 2. The number of amides is 1. The number of aryl methyl sites for hydroxylation is 1. The minimum atomic E-state index is -0.157. The topological polar surface area (TPSA) is 68.3 Å². The van der Waals surface area contributed by atoms with Gasteiger partial charge in [-0.1, -0.05) is 12.8 Å². The zero-order chi connectivity index (χ0) is 15.4. The molecule has 1 aliphatic rings. The number of nitrogens with two attached hydrogens (primary N) is 1. The van der Waals surface area contributed by atoms with Gasteiger partial charge in [0.15, 0.2) is 0 Å². The highest BCUT2D eigenvalue weighted by Crippen LogP contribution is 2.28. The lowest BCUT2D eigenvalue weighted by Gasteiger charge is -2.39. The molecular weight excluding hydrogens is 266 g/mol. The van der Waals surface area contributed by atoms with Gasteiger partial charge in [-0.15, -0.1) is 0 Å². The number of aromatic nitrogens is 1. The van der Waals surface area contributed by atoms with E-state index in [4.69, 9.17) is 5.73 Å². The molecule has 1 aliphatic carbocycles. The Balaban J connectivity index is 2.24. The Hall–Kier alpha value is -1.62. The van der Waals surface area contributed by atoms with Crippen LogP contribution in [0.2, 0.25) is 0 Å². The van der Waals surface area contributed by atoms with E-state index in [9.17, 15) is 9.59 Å². The summed E-state index contributed by atoms with van der Waals surface area (Å²) in [5.74, 6) is 0.315. The van der Waals surface area contributed by atoms with Crippen molar-refractivity contribution >= 4 is 5.91 Å². The number of hydrogen-bond donors (Lipinski definition) is 1. The van der Waals surface area contributed by atoms with Gasteiger partial charge in [0.25, 0.3) is 11.5 Å². The maximum atomic E-state index is 12.7. The largest absolute Gasteiger partial charge is 0.336 e. The molecule has 2 N–H and O–H groups in total. The van der Waals surface area contributed by atoms with Crippen LogP contribution < -0.4 is 11.3 Å². The first-order valence-electron chi connectivity index (χ1n) is 7.76. The summed E-state index contributed by atoms with van der Waals surface area (Å²) in [6.45, 7) is 3.25. The van der Waals surface area contributed by atoms with Crippen molar-refractivity contribution in [3.05, 3.63) is 34.2 Å². The van der Waals surface area contributed by atoms with E-state index in [-0.39, 0.29) is 17.5 Å². The van der Waals surface area contributed by atoms with Gasteiger partial charge in [-0.3, -0.25) is 9.59 Å². The third kappa shape index (κ3) is 3.35. The minimum absolute atomic E-state index is 0.0550. The van der Waals surface area contributed by atoms with Crippen LogP contribution in [0.15, 0.2) is 23.1 Å². The standard InChI is InChI=1S/C16H25N3O2/c1-3-19(14-7-5-4-6-13(14)11-17)16(21)12-8-9-18(2)15(20)10-12/h8-10,13-14H,3-7,11,17H2,1-2H3. The molecule has 1 aromatic heterocycles. The maximum Gasteiger partial charge on any atom is 0.254 e. The SMILES string of the molecule is CCN(C(=O)c1ccn(C)c(=O)c1)C1CCCCC1CN. The molecule has 0 saturated heterocycles. The zero-order valence-corrected chi connectivity index (χ0v) is 12.9. The fraction of sp³-hybridized carbons (Fsp3) is 0.625. The summed E-state index contributed by atoms with van der Waals surface area (Å²) in [5.41, 5.74) is 6.19. The third-order valence-electron chi connectivity index (χ3n) is 4.52. The van der Waals surface area contributed by atoms with Crippen LogP contribution in [0, 0.1) is 5.92 Å². The number of carbonyl (C=O) groups excluding carboxylic acids is 1. The molecule has 1 amide bonds. The Morgan fingerprint density at radius 3 is 2.76 bits per heavy atom. The molecule has 1 saturated carbocycles. The second-order valence-electron chi connectivity index (χ2n) is 5.80. The van der Waals surface area contributed by atoms with Crippen LogP contribution in [0.1, 0.15) is 43.0 Å². The van der Waals surface area contributed by atoms with Crippen LogP contribution in [0.4, 0.5) is 0 Å². The highest BCUT2D eigenvalue weighted by atomic mass is 16.2. The van der Waals surface area contributed by atoms with E-state index in [0.29, 0.717) is 24.6 Å². The molecule has 21 heavy (non-hydrogen) atoms. The summed E-state index contributed by atoms with van der Waals surface area (Å²) in [7, 11) is 1.68. The van der Waals surface area contributed by atoms with Gasteiger partial charge < -0.3 is 15.2 Å². The second kappa shape index (κ2) is 6.89. The van der Waals surface area contributed by atoms with E-state index >= 15 is 0 Å². The molecule has 0 bridgehead atoms. The fourth-order valence-corrected chi connectivity index (χ4v) is 3.25. The average molecular weight is 291 g/mol. The first kappa shape index (κ1) is 15.8. The molecule has 1 fully saturated rings. The summed E-state index contributed by atoms with van der Waals surface area (Å²) in [5, 5.41) is 0. The lowest BCUT2D eigenvalue weighted by Crippen LogP contribution is -2.48. The van der Waals surface area contributed by atoms with E-state index in [0.717, 1.165) is 19.3 Å². The highest BCUT2D eigenvalue weighted by Gasteiger charge is 2.31. The molecule has 0 aromatic carbocycles. The molecular formula is C16H25N3O2. The summed E-state index contributed by atoms with van der Waals surface area (Å²) in [4.78, 5) is 26.4. The lowest BCUT2D eigenvalue weighted by atomic mass is 9.83. The van der Waals surface area contributed by atoms with Crippen LogP contribution in [-0.2, 0) is 7.05 Å². The highest BCUT2D eigenvalue weighted by molar-refractivity contribution is 5.94. The van der Waals surface area contributed by atoms with Crippen LogP contribution in [-0.4, -0.2) is 34.5 Å². The van der Waals surface area contributed by atoms with Crippen molar-refractivity contribution in [2.45, 2.75) is 38.6 Å². The van der Waals surface area contributed by atoms with E-state index in [1.165, 1.54) is 17.1 Å². The van der Waals surface area contributed by atoms with Crippen LogP contribution in [0.25, 0.3) is 0 Å². The van der Waals surface area contributed by atoms with E-state index in [1.54, 1.807) is 19.3 Å². The first-order chi connectivity index (χ1) is 10.1. The van der Waals surface area contributed by atoms with Crippen molar-refractivity contribution in [3.63, 3.8) is 0 Å². The van der Waals surface area contributed by atoms with Gasteiger partial charge >= 0.3 is 0 Å². The fourth-order valence-electron chi connectivity index (χ4n) is 3.25. The summed E-state index contributed by atoms with van der Waals surface area (Å²) in [6.07, 6.45) is 6.07. The van der Waals surface area contributed by atoms with Gasteiger partial charge in [-0.2, -0.15) is 0 Å². The van der Waals surface area contributed by atoms with Crippen molar-refractivity contribution in [3.8, 4) is 0 Å². The monoisotopic (exact) mass is 291 g/mol. The third-order valence-corrected chi connectivity index (χ3v) is 4.52. The molecule has 2 atom stereocenters. The van der Waals surface area contributed by atoms with Crippen molar-refractivity contribution in [2.75, 3.05) is 13.1 Å². The normalized spacial score (nSPS) is 22.0. The Morgan fingerprint density at radius 2 is 2.14 bits per heavy atom. The van der Waals surface area contributed by atoms with Crippen molar-refractivity contribution in [1.82, 2.24) is 9.47 Å². The smallest absolute Gasteiger partial charge is 0.254 e. The Kier molecular flexibility index (Phi) is 5.17. The van der Waals surface area contributed by atoms with E-state index in [1.807, 2.05) is 11.8 Å². The maximum absolute atomic E-state index is 12.7. The minimum Gasteiger partial charge on any atom is -0.336 e. The molecule has 2 rings (SSSR count). The van der Waals surface area contributed by atoms with Gasteiger partial charge in [0, 0.05) is 37.5 Å². The quantitative estimate of drug-likeness (QED) is 0.911.